The number of carboxylic acid groups (broad SMARTS) is 1. The van der Waals surface area contributed by atoms with Gasteiger partial charge in [0.25, 0.3) is 0 Å². The summed E-state index contributed by atoms with van der Waals surface area (Å²) in [6, 6.07) is 7.23. The summed E-state index contributed by atoms with van der Waals surface area (Å²) in [5, 5.41) is 18.7. The highest BCUT2D eigenvalue weighted by atomic mass is 16.4. The molecule has 1 aromatic carbocycles. The maximum absolute atomic E-state index is 10.9. The standard InChI is InChI=1S/C11H12O3/c12-10-6-5-9(11(13)14)7-3-1-2-4-8(7)10/h1-4,9-10,12H,5-6H2,(H,13,14). The van der Waals surface area contributed by atoms with Crippen LogP contribution >= 0.6 is 0 Å². The van der Waals surface area contributed by atoms with Gasteiger partial charge in [0.15, 0.2) is 0 Å². The SMILES string of the molecule is O=C(O)C1CCC(O)c2ccccc21. The molecule has 1 aromatic rings. The summed E-state index contributed by atoms with van der Waals surface area (Å²) < 4.78 is 0. The molecule has 0 aliphatic heterocycles. The van der Waals surface area contributed by atoms with Crippen molar-refractivity contribution >= 4 is 5.97 Å². The number of aliphatic hydroxyl groups is 1. The van der Waals surface area contributed by atoms with Gasteiger partial charge in [-0.05, 0) is 24.0 Å². The van der Waals surface area contributed by atoms with E-state index in [0.717, 1.165) is 11.1 Å². The first-order valence-electron chi connectivity index (χ1n) is 4.70. The van der Waals surface area contributed by atoms with Gasteiger partial charge in [-0.25, -0.2) is 0 Å². The van der Waals surface area contributed by atoms with Crippen molar-refractivity contribution in [3.05, 3.63) is 35.4 Å². The predicted octanol–water partition coefficient (Wildman–Crippen LogP) is 1.68. The van der Waals surface area contributed by atoms with Gasteiger partial charge < -0.3 is 10.2 Å². The Labute approximate surface area is 82.0 Å². The number of carboxylic acids is 1. The van der Waals surface area contributed by atoms with Gasteiger partial charge in [-0.1, -0.05) is 24.3 Å². The fraction of sp³-hybridized carbons (Fsp3) is 0.364. The summed E-state index contributed by atoms with van der Waals surface area (Å²) in [5.74, 6) is -1.25. The smallest absolute Gasteiger partial charge is 0.310 e. The molecule has 0 bridgehead atoms. The largest absolute Gasteiger partial charge is 0.481 e. The molecule has 0 saturated heterocycles. The van der Waals surface area contributed by atoms with Crippen LogP contribution in [0.15, 0.2) is 24.3 Å². The zero-order valence-electron chi connectivity index (χ0n) is 7.68. The highest BCUT2D eigenvalue weighted by Gasteiger charge is 2.29. The lowest BCUT2D eigenvalue weighted by Gasteiger charge is -2.26. The molecule has 2 N–H and O–H groups in total. The van der Waals surface area contributed by atoms with Crippen LogP contribution in [0, 0.1) is 0 Å². The number of fused-ring (bicyclic) bond motifs is 1. The summed E-state index contributed by atoms with van der Waals surface area (Å²) in [6.45, 7) is 0. The first-order chi connectivity index (χ1) is 6.70. The van der Waals surface area contributed by atoms with E-state index in [9.17, 15) is 9.90 Å². The van der Waals surface area contributed by atoms with Gasteiger partial charge >= 0.3 is 5.97 Å². The number of aliphatic carboxylic acids is 1. The number of hydrogen-bond donors (Lipinski definition) is 2. The maximum Gasteiger partial charge on any atom is 0.310 e. The molecule has 0 aromatic heterocycles. The van der Waals surface area contributed by atoms with E-state index in [0.29, 0.717) is 12.8 Å². The first-order valence-corrected chi connectivity index (χ1v) is 4.70. The van der Waals surface area contributed by atoms with E-state index in [1.54, 1.807) is 12.1 Å². The Kier molecular flexibility index (Phi) is 2.25. The third-order valence-electron chi connectivity index (χ3n) is 2.76. The second-order valence-electron chi connectivity index (χ2n) is 3.61. The molecular formula is C11H12O3. The fourth-order valence-electron chi connectivity index (χ4n) is 2.02. The lowest BCUT2D eigenvalue weighted by Crippen LogP contribution is -2.20. The van der Waals surface area contributed by atoms with Crippen LogP contribution in [-0.2, 0) is 4.79 Å². The third-order valence-corrected chi connectivity index (χ3v) is 2.76. The van der Waals surface area contributed by atoms with E-state index < -0.39 is 18.0 Å². The monoisotopic (exact) mass is 192 g/mol. The van der Waals surface area contributed by atoms with E-state index in [2.05, 4.69) is 0 Å². The van der Waals surface area contributed by atoms with Crippen LogP contribution in [0.5, 0.6) is 0 Å². The average molecular weight is 192 g/mol. The van der Waals surface area contributed by atoms with Crippen LogP contribution in [0.1, 0.15) is 36.0 Å². The summed E-state index contributed by atoms with van der Waals surface area (Å²) in [4.78, 5) is 10.9. The lowest BCUT2D eigenvalue weighted by molar-refractivity contribution is -0.139. The Morgan fingerprint density at radius 3 is 2.50 bits per heavy atom. The highest BCUT2D eigenvalue weighted by Crippen LogP contribution is 2.37. The molecule has 14 heavy (non-hydrogen) atoms. The molecule has 0 radical (unpaired) electrons. The molecule has 2 unspecified atom stereocenters. The number of rotatable bonds is 1. The summed E-state index contributed by atoms with van der Waals surface area (Å²) in [7, 11) is 0. The quantitative estimate of drug-likeness (QED) is 0.711. The molecule has 0 heterocycles. The second kappa shape index (κ2) is 3.42. The molecule has 0 amide bonds. The van der Waals surface area contributed by atoms with E-state index in [1.807, 2.05) is 12.1 Å². The van der Waals surface area contributed by atoms with Crippen molar-refractivity contribution in [1.29, 1.82) is 0 Å². The number of hydrogen-bond acceptors (Lipinski definition) is 2. The third kappa shape index (κ3) is 1.40. The fourth-order valence-corrected chi connectivity index (χ4v) is 2.02. The van der Waals surface area contributed by atoms with Gasteiger partial charge in [-0.15, -0.1) is 0 Å². The molecule has 74 valence electrons. The van der Waals surface area contributed by atoms with Crippen molar-refractivity contribution in [2.75, 3.05) is 0 Å². The molecule has 0 spiro atoms. The van der Waals surface area contributed by atoms with E-state index in [-0.39, 0.29) is 0 Å². The lowest BCUT2D eigenvalue weighted by atomic mass is 9.81. The minimum Gasteiger partial charge on any atom is -0.481 e. The van der Waals surface area contributed by atoms with Crippen LogP contribution in [0.4, 0.5) is 0 Å². The number of benzene rings is 1. The van der Waals surface area contributed by atoms with Gasteiger partial charge in [0.1, 0.15) is 0 Å². The summed E-state index contributed by atoms with van der Waals surface area (Å²) >= 11 is 0. The topological polar surface area (TPSA) is 57.5 Å². The Hall–Kier alpha value is -1.35. The van der Waals surface area contributed by atoms with Crippen molar-refractivity contribution in [2.24, 2.45) is 0 Å². The van der Waals surface area contributed by atoms with Gasteiger partial charge in [0.2, 0.25) is 0 Å². The van der Waals surface area contributed by atoms with Gasteiger partial charge in [-0.2, -0.15) is 0 Å². The molecule has 0 saturated carbocycles. The average Bonchev–Trinajstić information content (AvgIpc) is 2.18. The van der Waals surface area contributed by atoms with E-state index in [4.69, 9.17) is 5.11 Å². The minimum absolute atomic E-state index is 0.449. The van der Waals surface area contributed by atoms with Gasteiger partial charge in [0, 0.05) is 0 Å². The summed E-state index contributed by atoms with van der Waals surface area (Å²) in [6.07, 6.45) is 0.559. The van der Waals surface area contributed by atoms with E-state index in [1.165, 1.54) is 0 Å². The normalized spacial score (nSPS) is 25.5. The molecule has 0 fully saturated rings. The zero-order chi connectivity index (χ0) is 10.1. The van der Waals surface area contributed by atoms with Crippen molar-refractivity contribution in [3.8, 4) is 0 Å². The molecule has 1 aliphatic rings. The van der Waals surface area contributed by atoms with Gasteiger partial charge in [0.05, 0.1) is 12.0 Å². The van der Waals surface area contributed by atoms with Crippen LogP contribution in [-0.4, -0.2) is 16.2 Å². The van der Waals surface area contributed by atoms with Crippen LogP contribution in [0.2, 0.25) is 0 Å². The predicted molar refractivity (Wildman–Crippen MR) is 51.0 cm³/mol. The maximum atomic E-state index is 10.9. The minimum atomic E-state index is -0.802. The van der Waals surface area contributed by atoms with Gasteiger partial charge in [-0.3, -0.25) is 4.79 Å². The molecule has 3 heteroatoms. The Balaban J connectivity index is 2.46. The van der Waals surface area contributed by atoms with Crippen molar-refractivity contribution in [2.45, 2.75) is 24.9 Å². The van der Waals surface area contributed by atoms with Crippen LogP contribution in [0.3, 0.4) is 0 Å². The van der Waals surface area contributed by atoms with Crippen LogP contribution < -0.4 is 0 Å². The molecular weight excluding hydrogens is 180 g/mol. The number of carbonyl (C=O) groups is 1. The number of aliphatic hydroxyl groups excluding tert-OH is 1. The molecule has 2 atom stereocenters. The Morgan fingerprint density at radius 1 is 1.21 bits per heavy atom. The van der Waals surface area contributed by atoms with E-state index >= 15 is 0 Å². The van der Waals surface area contributed by atoms with Crippen molar-refractivity contribution in [1.82, 2.24) is 0 Å². The second-order valence-corrected chi connectivity index (χ2v) is 3.61. The Bertz CT molecular complexity index is 359. The molecule has 2 rings (SSSR count). The summed E-state index contributed by atoms with van der Waals surface area (Å²) in [5.41, 5.74) is 1.53. The van der Waals surface area contributed by atoms with Crippen molar-refractivity contribution < 1.29 is 15.0 Å². The molecule has 1 aliphatic carbocycles. The first kappa shape index (κ1) is 9.21. The molecule has 3 nitrogen and oxygen atoms in total. The van der Waals surface area contributed by atoms with Crippen molar-refractivity contribution in [3.63, 3.8) is 0 Å². The Morgan fingerprint density at radius 2 is 1.86 bits per heavy atom. The highest BCUT2D eigenvalue weighted by molar-refractivity contribution is 5.77. The van der Waals surface area contributed by atoms with Crippen LogP contribution in [0.25, 0.3) is 0 Å². The zero-order valence-corrected chi connectivity index (χ0v) is 7.68.